The van der Waals surface area contributed by atoms with Crippen molar-refractivity contribution in [2.24, 2.45) is 0 Å². The molecule has 2 aromatic rings. The second-order valence-corrected chi connectivity index (χ2v) is 6.20. The molecule has 0 aliphatic heterocycles. The molecule has 0 N–H and O–H groups in total. The van der Waals surface area contributed by atoms with E-state index < -0.39 is 0 Å². The Balaban J connectivity index is 2.01. The Morgan fingerprint density at radius 2 is 1.50 bits per heavy atom. The van der Waals surface area contributed by atoms with Gasteiger partial charge in [0.1, 0.15) is 0 Å². The zero-order valence-corrected chi connectivity index (χ0v) is 13.1. The predicted octanol–water partition coefficient (Wildman–Crippen LogP) is 4.68. The van der Waals surface area contributed by atoms with Gasteiger partial charge in [0.05, 0.1) is 11.6 Å². The first-order valence-electron chi connectivity index (χ1n) is 8.12. The zero-order valence-electron chi connectivity index (χ0n) is 13.1. The summed E-state index contributed by atoms with van der Waals surface area (Å²) in [7, 11) is 0. The number of hydrogen-bond acceptors (Lipinski definition) is 1. The maximum absolute atomic E-state index is 12.0. The van der Waals surface area contributed by atoms with Crippen LogP contribution in [0.2, 0.25) is 0 Å². The number of nitrogens with zero attached hydrogens (tertiary/aromatic N) is 1. The number of amides is 1. The smallest absolute Gasteiger partial charge is 0.210 e. The highest BCUT2D eigenvalue weighted by atomic mass is 16.1. The number of carbonyl (C=O) groups is 1. The molecule has 1 aliphatic rings. The summed E-state index contributed by atoms with van der Waals surface area (Å²) in [5.41, 5.74) is 2.30. The van der Waals surface area contributed by atoms with Crippen molar-refractivity contribution in [1.82, 2.24) is 4.90 Å². The van der Waals surface area contributed by atoms with Gasteiger partial charge in [-0.3, -0.25) is 4.79 Å². The molecule has 0 saturated heterocycles. The lowest BCUT2D eigenvalue weighted by Crippen LogP contribution is -2.44. The van der Waals surface area contributed by atoms with E-state index in [1.54, 1.807) is 0 Å². The first kappa shape index (κ1) is 14.8. The second kappa shape index (κ2) is 6.35. The summed E-state index contributed by atoms with van der Waals surface area (Å²) < 4.78 is 0. The first-order valence-corrected chi connectivity index (χ1v) is 8.12. The summed E-state index contributed by atoms with van der Waals surface area (Å²) in [5, 5.41) is 0. The number of rotatable bonds is 5. The fourth-order valence-corrected chi connectivity index (χ4v) is 3.86. The SMILES string of the molecule is CC(c1ccccc1)N(C=O)C1(c2ccccc2)CCCC1. The average molecular weight is 293 g/mol. The molecule has 2 aromatic carbocycles. The molecule has 1 fully saturated rings. The summed E-state index contributed by atoms with van der Waals surface area (Å²) in [5.74, 6) is 0. The zero-order chi connectivity index (χ0) is 15.4. The van der Waals surface area contributed by atoms with Crippen LogP contribution >= 0.6 is 0 Å². The Labute approximate surface area is 132 Å². The minimum Gasteiger partial charge on any atom is -0.329 e. The van der Waals surface area contributed by atoms with Crippen molar-refractivity contribution in [2.75, 3.05) is 0 Å². The van der Waals surface area contributed by atoms with Crippen LogP contribution in [0.25, 0.3) is 0 Å². The van der Waals surface area contributed by atoms with Gasteiger partial charge in [0, 0.05) is 0 Å². The van der Waals surface area contributed by atoms with Crippen LogP contribution in [-0.2, 0) is 10.3 Å². The lowest BCUT2D eigenvalue weighted by Gasteiger charge is -2.43. The molecule has 1 amide bonds. The van der Waals surface area contributed by atoms with Gasteiger partial charge in [0.2, 0.25) is 6.41 Å². The molecule has 1 aliphatic carbocycles. The average Bonchev–Trinajstić information content (AvgIpc) is 3.08. The van der Waals surface area contributed by atoms with Crippen molar-refractivity contribution >= 4 is 6.41 Å². The monoisotopic (exact) mass is 293 g/mol. The highest BCUT2D eigenvalue weighted by Gasteiger charge is 2.42. The summed E-state index contributed by atoms with van der Waals surface area (Å²) in [6.07, 6.45) is 5.51. The van der Waals surface area contributed by atoms with Crippen LogP contribution in [0, 0.1) is 0 Å². The summed E-state index contributed by atoms with van der Waals surface area (Å²) in [6, 6.07) is 20.9. The fraction of sp³-hybridized carbons (Fsp3) is 0.350. The standard InChI is InChI=1S/C20H23NO/c1-17(18-10-4-2-5-11-18)21(16-22)20(14-8-9-15-20)19-12-6-3-7-13-19/h2-7,10-13,16-17H,8-9,14-15H2,1H3. The third kappa shape index (κ3) is 2.54. The molecule has 0 bridgehead atoms. The molecule has 1 saturated carbocycles. The molecule has 0 heterocycles. The van der Waals surface area contributed by atoms with E-state index in [0.717, 1.165) is 19.3 Å². The molecule has 1 unspecified atom stereocenters. The normalized spacial score (nSPS) is 17.9. The van der Waals surface area contributed by atoms with Crippen molar-refractivity contribution < 1.29 is 4.79 Å². The van der Waals surface area contributed by atoms with E-state index in [-0.39, 0.29) is 11.6 Å². The Kier molecular flexibility index (Phi) is 4.28. The minimum atomic E-state index is -0.154. The van der Waals surface area contributed by atoms with Gasteiger partial charge >= 0.3 is 0 Å². The summed E-state index contributed by atoms with van der Waals surface area (Å²) >= 11 is 0. The van der Waals surface area contributed by atoms with Gasteiger partial charge < -0.3 is 4.90 Å². The Morgan fingerprint density at radius 1 is 0.955 bits per heavy atom. The van der Waals surface area contributed by atoms with Crippen LogP contribution < -0.4 is 0 Å². The van der Waals surface area contributed by atoms with E-state index >= 15 is 0 Å². The first-order chi connectivity index (χ1) is 10.8. The molecule has 3 rings (SSSR count). The maximum Gasteiger partial charge on any atom is 0.210 e. The van der Waals surface area contributed by atoms with Gasteiger partial charge in [-0.25, -0.2) is 0 Å². The molecule has 2 nitrogen and oxygen atoms in total. The van der Waals surface area contributed by atoms with E-state index in [9.17, 15) is 4.79 Å². The van der Waals surface area contributed by atoms with Gasteiger partial charge in [-0.1, -0.05) is 73.5 Å². The Bertz CT molecular complexity index is 602. The van der Waals surface area contributed by atoms with E-state index in [0.29, 0.717) is 0 Å². The van der Waals surface area contributed by atoms with Crippen LogP contribution in [0.15, 0.2) is 60.7 Å². The Morgan fingerprint density at radius 3 is 2.05 bits per heavy atom. The van der Waals surface area contributed by atoms with Gasteiger partial charge in [-0.05, 0) is 30.9 Å². The van der Waals surface area contributed by atoms with Crippen LogP contribution in [-0.4, -0.2) is 11.3 Å². The van der Waals surface area contributed by atoms with E-state index in [4.69, 9.17) is 0 Å². The molecular weight excluding hydrogens is 270 g/mol. The molecule has 1 atom stereocenters. The molecule has 0 aromatic heterocycles. The molecule has 22 heavy (non-hydrogen) atoms. The third-order valence-corrected chi connectivity index (χ3v) is 5.05. The Hall–Kier alpha value is -2.09. The van der Waals surface area contributed by atoms with Crippen LogP contribution in [0.3, 0.4) is 0 Å². The predicted molar refractivity (Wildman–Crippen MR) is 89.3 cm³/mol. The van der Waals surface area contributed by atoms with Crippen LogP contribution in [0.4, 0.5) is 0 Å². The van der Waals surface area contributed by atoms with Gasteiger partial charge in [0.15, 0.2) is 0 Å². The highest BCUT2D eigenvalue weighted by Crippen LogP contribution is 2.46. The van der Waals surface area contributed by atoms with E-state index in [2.05, 4.69) is 43.3 Å². The highest BCUT2D eigenvalue weighted by molar-refractivity contribution is 5.52. The molecule has 0 radical (unpaired) electrons. The van der Waals surface area contributed by atoms with E-state index in [1.807, 2.05) is 29.2 Å². The second-order valence-electron chi connectivity index (χ2n) is 6.20. The van der Waals surface area contributed by atoms with Crippen molar-refractivity contribution in [3.05, 3.63) is 71.8 Å². The van der Waals surface area contributed by atoms with Gasteiger partial charge in [0.25, 0.3) is 0 Å². The van der Waals surface area contributed by atoms with Crippen LogP contribution in [0.1, 0.15) is 49.8 Å². The lowest BCUT2D eigenvalue weighted by atomic mass is 9.84. The van der Waals surface area contributed by atoms with Gasteiger partial charge in [-0.15, -0.1) is 0 Å². The quantitative estimate of drug-likeness (QED) is 0.733. The van der Waals surface area contributed by atoms with Gasteiger partial charge in [-0.2, -0.15) is 0 Å². The van der Waals surface area contributed by atoms with Crippen molar-refractivity contribution in [3.63, 3.8) is 0 Å². The van der Waals surface area contributed by atoms with Crippen LogP contribution in [0.5, 0.6) is 0 Å². The fourth-order valence-electron chi connectivity index (χ4n) is 3.86. The summed E-state index contributed by atoms with van der Waals surface area (Å²) in [4.78, 5) is 14.1. The molecule has 0 spiro atoms. The van der Waals surface area contributed by atoms with Crippen molar-refractivity contribution in [3.8, 4) is 0 Å². The maximum atomic E-state index is 12.0. The number of benzene rings is 2. The third-order valence-electron chi connectivity index (χ3n) is 5.05. The largest absolute Gasteiger partial charge is 0.329 e. The molecule has 2 heteroatoms. The number of hydrogen-bond donors (Lipinski definition) is 0. The van der Waals surface area contributed by atoms with Crippen molar-refractivity contribution in [2.45, 2.75) is 44.2 Å². The van der Waals surface area contributed by atoms with Crippen molar-refractivity contribution in [1.29, 1.82) is 0 Å². The molecule has 114 valence electrons. The minimum absolute atomic E-state index is 0.0806. The topological polar surface area (TPSA) is 20.3 Å². The van der Waals surface area contributed by atoms with E-state index in [1.165, 1.54) is 24.0 Å². The molecular formula is C20H23NO. The lowest BCUT2D eigenvalue weighted by molar-refractivity contribution is -0.127. The summed E-state index contributed by atoms with van der Waals surface area (Å²) in [6.45, 7) is 2.13. The number of carbonyl (C=O) groups excluding carboxylic acids is 1.